The van der Waals surface area contributed by atoms with Crippen molar-refractivity contribution in [1.29, 1.82) is 0 Å². The lowest BCUT2D eigenvalue weighted by Gasteiger charge is -2.16. The van der Waals surface area contributed by atoms with Gasteiger partial charge in [0.2, 0.25) is 10.0 Å². The maximum atomic E-state index is 12.4. The van der Waals surface area contributed by atoms with Gasteiger partial charge in [0.1, 0.15) is 0 Å². The first-order valence-corrected chi connectivity index (χ1v) is 8.78. The van der Waals surface area contributed by atoms with Crippen molar-refractivity contribution < 1.29 is 13.5 Å². The predicted molar refractivity (Wildman–Crippen MR) is 77.8 cm³/mol. The molecule has 0 radical (unpaired) electrons. The summed E-state index contributed by atoms with van der Waals surface area (Å²) < 4.78 is 29.4. The number of aromatic nitrogens is 1. The molecule has 1 saturated carbocycles. The van der Waals surface area contributed by atoms with Crippen molar-refractivity contribution in [2.24, 2.45) is 5.92 Å². The fourth-order valence-electron chi connectivity index (χ4n) is 2.84. The summed E-state index contributed by atoms with van der Waals surface area (Å²) in [5, 5.41) is 9.31. The van der Waals surface area contributed by atoms with Gasteiger partial charge in [0.15, 0.2) is 0 Å². The summed E-state index contributed by atoms with van der Waals surface area (Å²) in [6.45, 7) is 4.68. The van der Waals surface area contributed by atoms with E-state index in [1.165, 1.54) is 0 Å². The molecule has 2 atom stereocenters. The summed E-state index contributed by atoms with van der Waals surface area (Å²) in [5.74, 6) is 0.389. The number of sulfonamides is 1. The van der Waals surface area contributed by atoms with Crippen LogP contribution in [0.25, 0.3) is 0 Å². The van der Waals surface area contributed by atoms with Crippen LogP contribution in [0.1, 0.15) is 45.2 Å². The number of rotatable bonds is 6. The monoisotopic (exact) mass is 300 g/mol. The Kier molecular flexibility index (Phi) is 4.88. The van der Waals surface area contributed by atoms with E-state index in [-0.39, 0.29) is 17.5 Å². The zero-order valence-electron chi connectivity index (χ0n) is 12.2. The molecule has 1 aromatic rings. The van der Waals surface area contributed by atoms with Gasteiger partial charge in [0.25, 0.3) is 0 Å². The number of nitrogens with zero attached hydrogens (tertiary/aromatic N) is 1. The molecule has 1 fully saturated rings. The van der Waals surface area contributed by atoms with Gasteiger partial charge in [0.05, 0.1) is 11.5 Å². The molecule has 6 heteroatoms. The van der Waals surface area contributed by atoms with Crippen molar-refractivity contribution in [3.8, 4) is 0 Å². The Balaban J connectivity index is 2.20. The molecule has 0 aromatic carbocycles. The highest BCUT2D eigenvalue weighted by atomic mass is 32.2. The topological polar surface area (TPSA) is 71.3 Å². The van der Waals surface area contributed by atoms with Crippen molar-refractivity contribution >= 4 is 10.0 Å². The summed E-state index contributed by atoms with van der Waals surface area (Å²) in [4.78, 5) is 0.258. The van der Waals surface area contributed by atoms with Crippen LogP contribution in [0.15, 0.2) is 17.2 Å². The Hall–Kier alpha value is -0.850. The largest absolute Gasteiger partial charge is 0.390 e. The molecular weight excluding hydrogens is 276 g/mol. The van der Waals surface area contributed by atoms with E-state index in [1.807, 2.05) is 11.5 Å². The minimum absolute atomic E-state index is 0.0344. The van der Waals surface area contributed by atoms with Gasteiger partial charge in [-0.3, -0.25) is 0 Å². The van der Waals surface area contributed by atoms with Gasteiger partial charge in [-0.2, -0.15) is 0 Å². The molecular formula is C14H24N2O3S. The molecule has 0 bridgehead atoms. The fraction of sp³-hybridized carbons (Fsp3) is 0.714. The van der Waals surface area contributed by atoms with Crippen molar-refractivity contribution in [2.45, 2.75) is 63.6 Å². The van der Waals surface area contributed by atoms with Crippen LogP contribution < -0.4 is 4.72 Å². The van der Waals surface area contributed by atoms with E-state index in [0.29, 0.717) is 18.2 Å². The maximum absolute atomic E-state index is 12.4. The average Bonchev–Trinajstić information content (AvgIpc) is 2.97. The third-order valence-corrected chi connectivity index (χ3v) is 5.52. The molecule has 5 nitrogen and oxygen atoms in total. The van der Waals surface area contributed by atoms with E-state index in [9.17, 15) is 13.5 Å². The highest BCUT2D eigenvalue weighted by Crippen LogP contribution is 2.26. The third-order valence-electron chi connectivity index (χ3n) is 4.07. The number of aliphatic hydroxyl groups excluding tert-OH is 1. The lowest BCUT2D eigenvalue weighted by molar-refractivity contribution is 0.270. The van der Waals surface area contributed by atoms with E-state index < -0.39 is 10.0 Å². The quantitative estimate of drug-likeness (QED) is 0.842. The number of hydrogen-bond donors (Lipinski definition) is 2. The van der Waals surface area contributed by atoms with Crippen LogP contribution in [0.2, 0.25) is 0 Å². The van der Waals surface area contributed by atoms with Crippen molar-refractivity contribution in [3.63, 3.8) is 0 Å². The molecule has 2 rings (SSSR count). The SMILES string of the molecule is CCCn1cc(S(=O)(=O)NC2CCCC2C)cc1CO. The molecule has 114 valence electrons. The Bertz CT molecular complexity index is 551. The molecule has 2 N–H and O–H groups in total. The minimum atomic E-state index is -3.49. The van der Waals surface area contributed by atoms with Crippen LogP contribution in [0.3, 0.4) is 0 Å². The molecule has 1 aromatic heterocycles. The summed E-state index contributed by atoms with van der Waals surface area (Å²) in [5.41, 5.74) is 0.645. The highest BCUT2D eigenvalue weighted by molar-refractivity contribution is 7.89. The maximum Gasteiger partial charge on any atom is 0.242 e. The van der Waals surface area contributed by atoms with Crippen LogP contribution in [-0.4, -0.2) is 24.1 Å². The zero-order chi connectivity index (χ0) is 14.8. The van der Waals surface area contributed by atoms with E-state index in [2.05, 4.69) is 11.6 Å². The summed E-state index contributed by atoms with van der Waals surface area (Å²) in [6, 6.07) is 1.60. The third kappa shape index (κ3) is 3.24. The van der Waals surface area contributed by atoms with E-state index >= 15 is 0 Å². The second-order valence-electron chi connectivity index (χ2n) is 5.65. The van der Waals surface area contributed by atoms with Crippen molar-refractivity contribution in [2.75, 3.05) is 0 Å². The first-order valence-electron chi connectivity index (χ1n) is 7.30. The zero-order valence-corrected chi connectivity index (χ0v) is 13.0. The lowest BCUT2D eigenvalue weighted by Crippen LogP contribution is -2.36. The number of nitrogens with one attached hydrogen (secondary N) is 1. The van der Waals surface area contributed by atoms with Crippen LogP contribution >= 0.6 is 0 Å². The van der Waals surface area contributed by atoms with Crippen LogP contribution in [0.4, 0.5) is 0 Å². The first-order chi connectivity index (χ1) is 9.47. The molecule has 0 spiro atoms. The summed E-state index contributed by atoms with van der Waals surface area (Å²) in [6.07, 6.45) is 5.58. The van der Waals surface area contributed by atoms with Crippen molar-refractivity contribution in [1.82, 2.24) is 9.29 Å². The standard InChI is InChI=1S/C14H24N2O3S/c1-3-7-16-9-13(8-12(16)10-17)20(18,19)15-14-6-4-5-11(14)2/h8-9,11,14-15,17H,3-7,10H2,1-2H3. The molecule has 0 aliphatic heterocycles. The second-order valence-corrected chi connectivity index (χ2v) is 7.37. The van der Waals surface area contributed by atoms with E-state index in [1.54, 1.807) is 12.3 Å². The van der Waals surface area contributed by atoms with Gasteiger partial charge >= 0.3 is 0 Å². The molecule has 1 heterocycles. The van der Waals surface area contributed by atoms with Gasteiger partial charge in [-0.25, -0.2) is 13.1 Å². The summed E-state index contributed by atoms with van der Waals surface area (Å²) in [7, 11) is -3.49. The van der Waals surface area contributed by atoms with Crippen LogP contribution in [0.5, 0.6) is 0 Å². The highest BCUT2D eigenvalue weighted by Gasteiger charge is 2.29. The van der Waals surface area contributed by atoms with Gasteiger partial charge in [-0.05, 0) is 31.2 Å². The Morgan fingerprint density at radius 2 is 2.20 bits per heavy atom. The number of aryl methyl sites for hydroxylation is 1. The van der Waals surface area contributed by atoms with Gasteiger partial charge in [-0.1, -0.05) is 20.3 Å². The van der Waals surface area contributed by atoms with Gasteiger partial charge in [0, 0.05) is 24.5 Å². The average molecular weight is 300 g/mol. The second kappa shape index (κ2) is 6.28. The molecule has 1 aliphatic carbocycles. The smallest absolute Gasteiger partial charge is 0.242 e. The molecule has 2 unspecified atom stereocenters. The molecule has 0 saturated heterocycles. The predicted octanol–water partition coefficient (Wildman–Crippen LogP) is 1.86. The normalized spacial score (nSPS) is 23.4. The minimum Gasteiger partial charge on any atom is -0.390 e. The lowest BCUT2D eigenvalue weighted by atomic mass is 10.1. The fourth-order valence-corrected chi connectivity index (χ4v) is 4.28. The molecule has 0 amide bonds. The van der Waals surface area contributed by atoms with Gasteiger partial charge < -0.3 is 9.67 Å². The Morgan fingerprint density at radius 1 is 1.45 bits per heavy atom. The van der Waals surface area contributed by atoms with Crippen molar-refractivity contribution in [3.05, 3.63) is 18.0 Å². The molecule has 20 heavy (non-hydrogen) atoms. The Morgan fingerprint density at radius 3 is 2.75 bits per heavy atom. The molecule has 1 aliphatic rings. The van der Waals surface area contributed by atoms with E-state index in [0.717, 1.165) is 25.7 Å². The van der Waals surface area contributed by atoms with E-state index in [4.69, 9.17) is 0 Å². The summed E-state index contributed by atoms with van der Waals surface area (Å²) >= 11 is 0. The Labute approximate surface area is 121 Å². The van der Waals surface area contributed by atoms with Crippen LogP contribution in [0, 0.1) is 5.92 Å². The van der Waals surface area contributed by atoms with Crippen LogP contribution in [-0.2, 0) is 23.2 Å². The van der Waals surface area contributed by atoms with Gasteiger partial charge in [-0.15, -0.1) is 0 Å². The number of hydrogen-bond acceptors (Lipinski definition) is 3. The first kappa shape index (κ1) is 15.5. The number of aliphatic hydroxyl groups is 1.